The number of nitrogens with zero attached hydrogens (tertiary/aromatic N) is 1. The third kappa shape index (κ3) is 3.84. The second kappa shape index (κ2) is 7.99. The second-order valence-corrected chi connectivity index (χ2v) is 7.61. The molecule has 0 bridgehead atoms. The van der Waals surface area contributed by atoms with Gasteiger partial charge in [0.05, 0.1) is 17.8 Å². The highest BCUT2D eigenvalue weighted by atomic mass is 35.5. The van der Waals surface area contributed by atoms with Crippen molar-refractivity contribution in [1.29, 1.82) is 0 Å². The van der Waals surface area contributed by atoms with Crippen LogP contribution in [-0.4, -0.2) is 49.6 Å². The zero-order chi connectivity index (χ0) is 22.2. The summed E-state index contributed by atoms with van der Waals surface area (Å²) < 4.78 is 16.1. The summed E-state index contributed by atoms with van der Waals surface area (Å²) in [6, 6.07) is 9.19. The molecule has 2 aliphatic heterocycles. The molecule has 0 aromatic heterocycles. The fourth-order valence-electron chi connectivity index (χ4n) is 3.45. The van der Waals surface area contributed by atoms with Gasteiger partial charge < -0.3 is 24.8 Å². The van der Waals surface area contributed by atoms with Crippen LogP contribution in [0.1, 0.15) is 12.5 Å². The number of fused-ring (bicyclic) bond motifs is 1. The van der Waals surface area contributed by atoms with Crippen LogP contribution in [0.25, 0.3) is 0 Å². The van der Waals surface area contributed by atoms with E-state index in [0.29, 0.717) is 41.7 Å². The van der Waals surface area contributed by atoms with Crippen LogP contribution >= 0.6 is 11.6 Å². The van der Waals surface area contributed by atoms with Crippen molar-refractivity contribution in [2.45, 2.75) is 12.5 Å². The van der Waals surface area contributed by atoms with Gasteiger partial charge in [-0.3, -0.25) is 14.5 Å². The third-order valence-corrected chi connectivity index (χ3v) is 5.46. The Kier molecular flexibility index (Phi) is 5.36. The number of carbonyl (C=O) groups excluding carboxylic acids is 3. The first-order chi connectivity index (χ1) is 14.8. The highest BCUT2D eigenvalue weighted by Crippen LogP contribution is 2.38. The topological polar surface area (TPSA) is 106 Å². The normalized spacial score (nSPS) is 19.8. The number of anilines is 1. The molecule has 0 spiro atoms. The molecule has 1 fully saturated rings. The van der Waals surface area contributed by atoms with Crippen LogP contribution < -0.4 is 24.8 Å². The Balaban J connectivity index is 1.48. The van der Waals surface area contributed by atoms with Gasteiger partial charge in [0.2, 0.25) is 5.91 Å². The van der Waals surface area contributed by atoms with Crippen molar-refractivity contribution in [3.05, 3.63) is 47.0 Å². The molecule has 2 N–H and O–H groups in total. The number of rotatable bonds is 5. The molecule has 4 amide bonds. The minimum absolute atomic E-state index is 0.248. The summed E-state index contributed by atoms with van der Waals surface area (Å²) in [5, 5.41) is 5.52. The maximum absolute atomic E-state index is 13.0. The van der Waals surface area contributed by atoms with Crippen LogP contribution in [0.2, 0.25) is 5.02 Å². The van der Waals surface area contributed by atoms with E-state index in [1.807, 2.05) is 0 Å². The molecule has 0 saturated carbocycles. The number of amides is 4. The summed E-state index contributed by atoms with van der Waals surface area (Å²) in [6.45, 7) is 1.91. The van der Waals surface area contributed by atoms with Gasteiger partial charge in [-0.15, -0.1) is 0 Å². The van der Waals surface area contributed by atoms with Crippen molar-refractivity contribution in [1.82, 2.24) is 10.2 Å². The zero-order valence-electron chi connectivity index (χ0n) is 16.9. The average molecular weight is 446 g/mol. The molecule has 0 radical (unpaired) electrons. The number of hydrogen-bond donors (Lipinski definition) is 2. The van der Waals surface area contributed by atoms with E-state index in [1.54, 1.807) is 43.3 Å². The molecule has 1 unspecified atom stereocenters. The molecule has 0 aliphatic carbocycles. The molecule has 4 rings (SSSR count). The van der Waals surface area contributed by atoms with Crippen molar-refractivity contribution in [2.75, 3.05) is 32.2 Å². The van der Waals surface area contributed by atoms with Gasteiger partial charge in [0.1, 0.15) is 31.0 Å². The number of nitrogens with one attached hydrogen (secondary N) is 2. The van der Waals surface area contributed by atoms with Crippen LogP contribution in [0.3, 0.4) is 0 Å². The van der Waals surface area contributed by atoms with Gasteiger partial charge in [-0.1, -0.05) is 23.7 Å². The Morgan fingerprint density at radius 2 is 1.84 bits per heavy atom. The lowest BCUT2D eigenvalue weighted by Crippen LogP contribution is -2.42. The molecule has 10 heteroatoms. The Morgan fingerprint density at radius 1 is 1.19 bits per heavy atom. The van der Waals surface area contributed by atoms with Crippen LogP contribution in [-0.2, 0) is 15.1 Å². The molecule has 1 saturated heterocycles. The second-order valence-electron chi connectivity index (χ2n) is 7.20. The largest absolute Gasteiger partial charge is 0.497 e. The maximum Gasteiger partial charge on any atom is 0.325 e. The van der Waals surface area contributed by atoms with Crippen molar-refractivity contribution in [3.8, 4) is 17.2 Å². The van der Waals surface area contributed by atoms with E-state index in [-0.39, 0.29) is 5.02 Å². The Labute approximate surface area is 183 Å². The van der Waals surface area contributed by atoms with Crippen LogP contribution in [0.15, 0.2) is 36.4 Å². The monoisotopic (exact) mass is 445 g/mol. The minimum atomic E-state index is -1.29. The number of methoxy groups -OCH3 is 1. The lowest BCUT2D eigenvalue weighted by atomic mass is 9.92. The Bertz CT molecular complexity index is 1060. The summed E-state index contributed by atoms with van der Waals surface area (Å²) in [5.41, 5.74) is -0.427. The average Bonchev–Trinajstić information content (AvgIpc) is 2.98. The van der Waals surface area contributed by atoms with Crippen molar-refractivity contribution in [2.24, 2.45) is 0 Å². The van der Waals surface area contributed by atoms with E-state index >= 15 is 0 Å². The van der Waals surface area contributed by atoms with Gasteiger partial charge in [-0.2, -0.15) is 0 Å². The molecular formula is C21H20ClN3O6. The Morgan fingerprint density at radius 3 is 2.48 bits per heavy atom. The molecule has 31 heavy (non-hydrogen) atoms. The van der Waals surface area contributed by atoms with Gasteiger partial charge in [0, 0.05) is 12.1 Å². The first-order valence-electron chi connectivity index (χ1n) is 9.49. The number of carbonyl (C=O) groups is 3. The van der Waals surface area contributed by atoms with E-state index in [4.69, 9.17) is 25.8 Å². The van der Waals surface area contributed by atoms with E-state index in [2.05, 4.69) is 10.6 Å². The number of ether oxygens (including phenoxy) is 3. The van der Waals surface area contributed by atoms with Crippen LogP contribution in [0.4, 0.5) is 10.5 Å². The molecule has 2 aromatic carbocycles. The van der Waals surface area contributed by atoms with Gasteiger partial charge >= 0.3 is 6.03 Å². The number of imide groups is 1. The van der Waals surface area contributed by atoms with Gasteiger partial charge in [-0.25, -0.2) is 4.79 Å². The highest BCUT2D eigenvalue weighted by Gasteiger charge is 2.49. The summed E-state index contributed by atoms with van der Waals surface area (Å²) in [5.74, 6) is 0.440. The zero-order valence-corrected chi connectivity index (χ0v) is 17.6. The number of halogens is 1. The molecule has 2 aromatic rings. The standard InChI is InChI=1S/C21H20ClN3O6/c1-21(12-3-5-13(29-2)6-4-12)19(27)25(20(28)24-21)11-18(26)23-15-10-17-16(9-14(15)22)30-7-8-31-17/h3-6,9-10H,7-8,11H2,1-2H3,(H,23,26)(H,24,28). The van der Waals surface area contributed by atoms with Crippen molar-refractivity contribution >= 4 is 35.1 Å². The fourth-order valence-corrected chi connectivity index (χ4v) is 3.65. The summed E-state index contributed by atoms with van der Waals surface area (Å²) >= 11 is 6.21. The number of hydrogen-bond acceptors (Lipinski definition) is 6. The van der Waals surface area contributed by atoms with E-state index in [0.717, 1.165) is 4.90 Å². The summed E-state index contributed by atoms with van der Waals surface area (Å²) in [7, 11) is 1.54. The minimum Gasteiger partial charge on any atom is -0.497 e. The lowest BCUT2D eigenvalue weighted by Gasteiger charge is -2.22. The number of urea groups is 1. The molecule has 1 atom stereocenters. The maximum atomic E-state index is 13.0. The van der Waals surface area contributed by atoms with Crippen molar-refractivity contribution < 1.29 is 28.6 Å². The van der Waals surface area contributed by atoms with Crippen molar-refractivity contribution in [3.63, 3.8) is 0 Å². The quantitative estimate of drug-likeness (QED) is 0.685. The smallest absolute Gasteiger partial charge is 0.325 e. The molecule has 9 nitrogen and oxygen atoms in total. The van der Waals surface area contributed by atoms with E-state index in [9.17, 15) is 14.4 Å². The van der Waals surface area contributed by atoms with E-state index in [1.165, 1.54) is 7.11 Å². The first kappa shape index (κ1) is 20.8. The molecular weight excluding hydrogens is 426 g/mol. The van der Waals surface area contributed by atoms with Gasteiger partial charge in [-0.05, 0) is 24.6 Å². The fraction of sp³-hybridized carbons (Fsp3) is 0.286. The lowest BCUT2D eigenvalue weighted by molar-refractivity contribution is -0.133. The van der Waals surface area contributed by atoms with E-state index < -0.39 is 29.9 Å². The highest BCUT2D eigenvalue weighted by molar-refractivity contribution is 6.34. The SMILES string of the molecule is COc1ccc(C2(C)NC(=O)N(CC(=O)Nc3cc4c(cc3Cl)OCCO4)C2=O)cc1. The number of benzene rings is 2. The summed E-state index contributed by atoms with van der Waals surface area (Å²) in [4.78, 5) is 38.9. The Hall–Kier alpha value is -3.46. The van der Waals surface area contributed by atoms with Gasteiger partial charge in [0.15, 0.2) is 11.5 Å². The molecule has 2 aliphatic rings. The van der Waals surface area contributed by atoms with Crippen LogP contribution in [0, 0.1) is 0 Å². The molecule has 162 valence electrons. The van der Waals surface area contributed by atoms with Gasteiger partial charge in [0.25, 0.3) is 5.91 Å². The summed E-state index contributed by atoms with van der Waals surface area (Å²) in [6.07, 6.45) is 0. The predicted octanol–water partition coefficient (Wildman–Crippen LogP) is 2.53. The predicted molar refractivity (Wildman–Crippen MR) is 112 cm³/mol. The third-order valence-electron chi connectivity index (χ3n) is 5.15. The first-order valence-corrected chi connectivity index (χ1v) is 9.87. The van der Waals surface area contributed by atoms with Crippen LogP contribution in [0.5, 0.6) is 17.2 Å². The molecule has 2 heterocycles.